The summed E-state index contributed by atoms with van der Waals surface area (Å²) in [6, 6.07) is 8.98. The van der Waals surface area contributed by atoms with Crippen molar-refractivity contribution in [2.45, 2.75) is 76.8 Å². The third kappa shape index (κ3) is 4.69. The van der Waals surface area contributed by atoms with Gasteiger partial charge in [-0.1, -0.05) is 48.6 Å². The van der Waals surface area contributed by atoms with E-state index in [4.69, 9.17) is 9.72 Å². The molecule has 2 saturated heterocycles. The van der Waals surface area contributed by atoms with Gasteiger partial charge < -0.3 is 14.6 Å². The number of benzene rings is 1. The summed E-state index contributed by atoms with van der Waals surface area (Å²) in [5, 5.41) is 2.20. The molecule has 3 aromatic rings. The first-order valence-electron chi connectivity index (χ1n) is 16.9. The van der Waals surface area contributed by atoms with E-state index < -0.39 is 0 Å². The Morgan fingerprint density at radius 1 is 1.00 bits per heavy atom. The zero-order chi connectivity index (χ0) is 29.7. The Kier molecular flexibility index (Phi) is 7.30. The topological polar surface area (TPSA) is 61.5 Å². The number of hydrogen-bond acceptors (Lipinski definition) is 5. The average Bonchev–Trinajstić information content (AvgIpc) is 3.53. The van der Waals surface area contributed by atoms with Gasteiger partial charge in [-0.25, -0.2) is 0 Å². The van der Waals surface area contributed by atoms with E-state index in [-0.39, 0.29) is 11.4 Å². The van der Waals surface area contributed by atoms with Gasteiger partial charge >= 0.3 is 5.97 Å². The van der Waals surface area contributed by atoms with Gasteiger partial charge in [0, 0.05) is 47.9 Å². The fraction of sp³-hybridized carbons (Fsp3) is 0.474. The van der Waals surface area contributed by atoms with Crippen LogP contribution in [0.2, 0.25) is 0 Å². The van der Waals surface area contributed by atoms with Gasteiger partial charge in [-0.2, -0.15) is 0 Å². The standard InChI is InChI=1S/C38H44N4O2/c1-26(43)44-33-16-12-15-29-30-17-19-39-35(36(30)40-34(29)33)31-23-27-13-8-4-2-3-6-10-20-41-22-18-32(31)38(25-41)24-28-14-9-5-7-11-21-42(28)37(27)38/h2,4,9,12-17,19,23,28,32,37,40H,3,5-8,10-11,18,20-22,24-25H2,1H3/b4-2-,14-9-,27-13-/t28-,32-,37-,38-/m0/s1. The molecule has 44 heavy (non-hydrogen) atoms. The summed E-state index contributed by atoms with van der Waals surface area (Å²) in [5.41, 5.74) is 5.98. The van der Waals surface area contributed by atoms with Crippen molar-refractivity contribution >= 4 is 33.3 Å². The molecule has 0 radical (unpaired) electrons. The largest absolute Gasteiger partial charge is 0.424 e. The second kappa shape index (κ2) is 11.5. The molecule has 1 unspecified atom stereocenters. The van der Waals surface area contributed by atoms with Crippen LogP contribution < -0.4 is 4.74 Å². The number of carbonyl (C=O) groups excluding carboxylic acids is 1. The lowest BCUT2D eigenvalue weighted by Crippen LogP contribution is -2.57. The number of esters is 1. The first-order valence-corrected chi connectivity index (χ1v) is 16.9. The van der Waals surface area contributed by atoms with Crippen LogP contribution in [0.5, 0.6) is 5.75 Å². The number of para-hydroxylation sites is 1. The fourth-order valence-corrected chi connectivity index (χ4v) is 9.35. The second-order valence-corrected chi connectivity index (χ2v) is 13.7. The smallest absolute Gasteiger partial charge is 0.308 e. The zero-order valence-electron chi connectivity index (χ0n) is 25.9. The summed E-state index contributed by atoms with van der Waals surface area (Å²) in [5.74, 6) is 0.695. The predicted octanol–water partition coefficient (Wildman–Crippen LogP) is 7.59. The van der Waals surface area contributed by atoms with Crippen LogP contribution in [0.25, 0.3) is 27.4 Å². The minimum Gasteiger partial charge on any atom is -0.424 e. The molecular weight excluding hydrogens is 544 g/mol. The maximum atomic E-state index is 11.9. The molecule has 1 spiro atoms. The summed E-state index contributed by atoms with van der Waals surface area (Å²) < 4.78 is 5.63. The van der Waals surface area contributed by atoms with E-state index in [1.807, 2.05) is 18.3 Å². The number of nitrogens with one attached hydrogen (secondary N) is 1. The Morgan fingerprint density at radius 2 is 1.86 bits per heavy atom. The maximum Gasteiger partial charge on any atom is 0.308 e. The number of piperidine rings is 1. The van der Waals surface area contributed by atoms with E-state index in [0.717, 1.165) is 53.4 Å². The van der Waals surface area contributed by atoms with E-state index in [1.165, 1.54) is 76.1 Å². The monoisotopic (exact) mass is 588 g/mol. The minimum absolute atomic E-state index is 0.143. The van der Waals surface area contributed by atoms with E-state index in [1.54, 1.807) is 0 Å². The first-order chi connectivity index (χ1) is 21.6. The van der Waals surface area contributed by atoms with Crippen molar-refractivity contribution < 1.29 is 9.53 Å². The molecule has 4 aliphatic heterocycles. The van der Waals surface area contributed by atoms with Crippen LogP contribution in [0.1, 0.15) is 70.4 Å². The van der Waals surface area contributed by atoms with E-state index in [9.17, 15) is 4.79 Å². The minimum atomic E-state index is -0.310. The van der Waals surface area contributed by atoms with Gasteiger partial charge in [-0.05, 0) is 107 Å². The van der Waals surface area contributed by atoms with Crippen LogP contribution in [0.15, 0.2) is 72.5 Å². The summed E-state index contributed by atoms with van der Waals surface area (Å²) in [4.78, 5) is 26.5. The van der Waals surface area contributed by atoms with E-state index in [0.29, 0.717) is 23.8 Å². The molecule has 1 aromatic carbocycles. The molecule has 228 valence electrons. The third-order valence-corrected chi connectivity index (χ3v) is 11.0. The lowest BCUT2D eigenvalue weighted by molar-refractivity contribution is -0.131. The SMILES string of the molecule is CC(=O)Oc1cccc2c1[nH]c1c(C3=C/C4=C/C/C=C\CCCCN5CC[C@@H]3[C@]3(C[C@@H]6/C=C\CCCCN6[C@@H]43)C5)nccc12. The molecule has 6 heterocycles. The maximum absolute atomic E-state index is 11.9. The molecule has 1 aliphatic carbocycles. The zero-order valence-corrected chi connectivity index (χ0v) is 25.9. The summed E-state index contributed by atoms with van der Waals surface area (Å²) in [6.45, 7) is 6.14. The summed E-state index contributed by atoms with van der Waals surface area (Å²) in [7, 11) is 0. The number of aromatic amines is 1. The number of nitrogens with zero attached hydrogens (tertiary/aromatic N) is 3. The number of hydrogen-bond donors (Lipinski definition) is 1. The number of rotatable bonds is 2. The molecule has 6 nitrogen and oxygen atoms in total. The molecule has 3 bridgehead atoms. The number of ether oxygens (including phenoxy) is 1. The van der Waals surface area contributed by atoms with Gasteiger partial charge in [0.15, 0.2) is 5.75 Å². The second-order valence-electron chi connectivity index (χ2n) is 13.7. The Balaban J connectivity index is 1.33. The highest BCUT2D eigenvalue weighted by molar-refractivity contribution is 6.12. The number of aromatic nitrogens is 2. The van der Waals surface area contributed by atoms with Crippen LogP contribution in [-0.4, -0.2) is 64.0 Å². The Hall–Kier alpha value is -3.48. The van der Waals surface area contributed by atoms with E-state index >= 15 is 0 Å². The van der Waals surface area contributed by atoms with Crippen LogP contribution in [0.4, 0.5) is 0 Å². The van der Waals surface area contributed by atoms with E-state index in [2.05, 4.69) is 63.4 Å². The average molecular weight is 589 g/mol. The number of pyridine rings is 1. The molecule has 0 amide bonds. The normalized spacial score (nSPS) is 33.4. The van der Waals surface area contributed by atoms with Crippen molar-refractivity contribution in [3.05, 3.63) is 78.2 Å². The molecule has 6 heteroatoms. The van der Waals surface area contributed by atoms with Crippen LogP contribution in [-0.2, 0) is 4.79 Å². The van der Waals surface area contributed by atoms with Crippen molar-refractivity contribution in [2.75, 3.05) is 26.2 Å². The lowest BCUT2D eigenvalue weighted by Gasteiger charge is -2.54. The van der Waals surface area contributed by atoms with Gasteiger partial charge in [-0.3, -0.25) is 14.7 Å². The van der Waals surface area contributed by atoms with Gasteiger partial charge in [-0.15, -0.1) is 0 Å². The fourth-order valence-electron chi connectivity index (χ4n) is 9.35. The Labute approximate surface area is 260 Å². The van der Waals surface area contributed by atoms with Crippen LogP contribution in [0, 0.1) is 11.3 Å². The quantitative estimate of drug-likeness (QED) is 0.190. The third-order valence-electron chi connectivity index (χ3n) is 11.0. The van der Waals surface area contributed by atoms with Crippen molar-refractivity contribution in [2.24, 2.45) is 11.3 Å². The van der Waals surface area contributed by atoms with Gasteiger partial charge in [0.25, 0.3) is 0 Å². The lowest BCUT2D eigenvalue weighted by atomic mass is 9.57. The molecule has 8 rings (SSSR count). The predicted molar refractivity (Wildman–Crippen MR) is 177 cm³/mol. The molecule has 1 N–H and O–H groups in total. The van der Waals surface area contributed by atoms with Crippen LogP contribution in [0.3, 0.4) is 0 Å². The molecule has 2 aromatic heterocycles. The molecule has 0 saturated carbocycles. The van der Waals surface area contributed by atoms with Gasteiger partial charge in [0.1, 0.15) is 0 Å². The molecule has 5 aliphatic rings. The number of H-pyrrole nitrogens is 1. The number of fused-ring (bicyclic) bond motifs is 5. The molecule has 2 fully saturated rings. The van der Waals surface area contributed by atoms with Gasteiger partial charge in [0.05, 0.1) is 16.7 Å². The Bertz CT molecular complexity index is 1710. The summed E-state index contributed by atoms with van der Waals surface area (Å²) in [6.07, 6.45) is 27.7. The summed E-state index contributed by atoms with van der Waals surface area (Å²) >= 11 is 0. The highest BCUT2D eigenvalue weighted by atomic mass is 16.5. The Morgan fingerprint density at radius 3 is 2.77 bits per heavy atom. The van der Waals surface area contributed by atoms with Gasteiger partial charge in [0.2, 0.25) is 0 Å². The number of allylic oxidation sites excluding steroid dienone is 5. The molecule has 5 atom stereocenters. The van der Waals surface area contributed by atoms with Crippen molar-refractivity contribution in [3.8, 4) is 5.75 Å². The number of carbonyl (C=O) groups is 1. The first kappa shape index (κ1) is 28.0. The van der Waals surface area contributed by atoms with Crippen molar-refractivity contribution in [1.82, 2.24) is 19.8 Å². The van der Waals surface area contributed by atoms with Crippen molar-refractivity contribution in [1.29, 1.82) is 0 Å². The molecular formula is C38H44N4O2. The highest BCUT2D eigenvalue weighted by Gasteiger charge is 2.60. The van der Waals surface area contributed by atoms with Crippen molar-refractivity contribution in [3.63, 3.8) is 0 Å². The van der Waals surface area contributed by atoms with Crippen LogP contribution >= 0.6 is 0 Å². The highest BCUT2D eigenvalue weighted by Crippen LogP contribution is 2.60.